The van der Waals surface area contributed by atoms with Gasteiger partial charge in [-0.15, -0.1) is 0 Å². The first-order valence-electron chi connectivity index (χ1n) is 7.75. The van der Waals surface area contributed by atoms with Crippen LogP contribution in [0.15, 0.2) is 0 Å². The van der Waals surface area contributed by atoms with E-state index < -0.39 is 0 Å². The summed E-state index contributed by atoms with van der Waals surface area (Å²) in [5.74, 6) is 1.88. The molecule has 2 saturated carbocycles. The van der Waals surface area contributed by atoms with Crippen molar-refractivity contribution in [1.29, 1.82) is 0 Å². The maximum absolute atomic E-state index is 3.97. The smallest absolute Gasteiger partial charge is 0.0121 e. The summed E-state index contributed by atoms with van der Waals surface area (Å²) in [4.78, 5) is 0. The fraction of sp³-hybridized carbons (Fsp3) is 1.00. The van der Waals surface area contributed by atoms with Crippen molar-refractivity contribution in [2.75, 3.05) is 0 Å². The summed E-state index contributed by atoms with van der Waals surface area (Å²) in [5.41, 5.74) is 0.537. The number of hydrogen-bond acceptors (Lipinski definition) is 1. The predicted molar refractivity (Wildman–Crippen MR) is 75.1 cm³/mol. The molecular weight excluding hydrogens is 206 g/mol. The molecule has 2 rings (SSSR count). The molecule has 100 valence electrons. The molecule has 0 saturated heterocycles. The van der Waals surface area contributed by atoms with E-state index in [1.807, 2.05) is 0 Å². The largest absolute Gasteiger partial charge is 0.311 e. The Morgan fingerprint density at radius 2 is 1.65 bits per heavy atom. The van der Waals surface area contributed by atoms with Crippen LogP contribution in [0.3, 0.4) is 0 Å². The summed E-state index contributed by atoms with van der Waals surface area (Å²) in [6, 6.07) is 1.59. The van der Waals surface area contributed by atoms with Gasteiger partial charge >= 0.3 is 0 Å². The Hall–Kier alpha value is -0.0400. The first-order chi connectivity index (χ1) is 7.99. The summed E-state index contributed by atoms with van der Waals surface area (Å²) >= 11 is 0. The van der Waals surface area contributed by atoms with Crippen molar-refractivity contribution in [2.24, 2.45) is 17.3 Å². The lowest BCUT2D eigenvalue weighted by Crippen LogP contribution is -2.45. The SMILES string of the molecule is CC(C)C1CCC(NC2CCCC2(C)C)CC1. The molecule has 1 N–H and O–H groups in total. The van der Waals surface area contributed by atoms with E-state index in [0.717, 1.165) is 23.9 Å². The van der Waals surface area contributed by atoms with Crippen LogP contribution >= 0.6 is 0 Å². The zero-order chi connectivity index (χ0) is 12.5. The van der Waals surface area contributed by atoms with Crippen molar-refractivity contribution in [2.45, 2.75) is 84.7 Å². The van der Waals surface area contributed by atoms with Crippen LogP contribution in [0, 0.1) is 17.3 Å². The molecule has 1 nitrogen and oxygen atoms in total. The monoisotopic (exact) mass is 237 g/mol. The van der Waals surface area contributed by atoms with E-state index in [2.05, 4.69) is 33.0 Å². The average molecular weight is 237 g/mol. The van der Waals surface area contributed by atoms with Crippen LogP contribution in [-0.2, 0) is 0 Å². The quantitative estimate of drug-likeness (QED) is 0.768. The summed E-state index contributed by atoms with van der Waals surface area (Å²) < 4.78 is 0. The number of rotatable bonds is 3. The van der Waals surface area contributed by atoms with E-state index in [4.69, 9.17) is 0 Å². The molecule has 0 spiro atoms. The normalized spacial score (nSPS) is 37.6. The van der Waals surface area contributed by atoms with E-state index in [9.17, 15) is 0 Å². The maximum Gasteiger partial charge on any atom is 0.0121 e. The van der Waals surface area contributed by atoms with Crippen LogP contribution in [0.1, 0.15) is 72.6 Å². The Bertz CT molecular complexity index is 236. The van der Waals surface area contributed by atoms with E-state index in [1.54, 1.807) is 0 Å². The summed E-state index contributed by atoms with van der Waals surface area (Å²) in [7, 11) is 0. The highest BCUT2D eigenvalue weighted by Crippen LogP contribution is 2.38. The number of hydrogen-bond donors (Lipinski definition) is 1. The van der Waals surface area contributed by atoms with Crippen molar-refractivity contribution < 1.29 is 0 Å². The van der Waals surface area contributed by atoms with Gasteiger partial charge < -0.3 is 5.32 Å². The minimum absolute atomic E-state index is 0.537. The zero-order valence-electron chi connectivity index (χ0n) is 12.3. The van der Waals surface area contributed by atoms with Gasteiger partial charge in [-0.05, 0) is 55.8 Å². The van der Waals surface area contributed by atoms with E-state index in [-0.39, 0.29) is 0 Å². The molecule has 1 unspecified atom stereocenters. The van der Waals surface area contributed by atoms with Gasteiger partial charge in [0.25, 0.3) is 0 Å². The van der Waals surface area contributed by atoms with Crippen LogP contribution in [0.2, 0.25) is 0 Å². The summed E-state index contributed by atoms with van der Waals surface area (Å²) in [5, 5.41) is 3.97. The molecule has 2 fully saturated rings. The van der Waals surface area contributed by atoms with E-state index >= 15 is 0 Å². The van der Waals surface area contributed by atoms with Crippen LogP contribution in [0.4, 0.5) is 0 Å². The second kappa shape index (κ2) is 5.30. The van der Waals surface area contributed by atoms with Crippen molar-refractivity contribution in [3.05, 3.63) is 0 Å². The minimum atomic E-state index is 0.537. The maximum atomic E-state index is 3.97. The third-order valence-electron chi connectivity index (χ3n) is 5.41. The highest BCUT2D eigenvalue weighted by atomic mass is 15.0. The predicted octanol–water partition coefficient (Wildman–Crippen LogP) is 4.37. The third-order valence-corrected chi connectivity index (χ3v) is 5.41. The van der Waals surface area contributed by atoms with Crippen molar-refractivity contribution in [1.82, 2.24) is 5.32 Å². The summed E-state index contributed by atoms with van der Waals surface area (Å²) in [6.07, 6.45) is 9.95. The van der Waals surface area contributed by atoms with Crippen LogP contribution < -0.4 is 5.32 Å². The topological polar surface area (TPSA) is 12.0 Å². The number of nitrogens with one attached hydrogen (secondary N) is 1. The molecule has 0 aliphatic heterocycles. The van der Waals surface area contributed by atoms with E-state index in [0.29, 0.717) is 5.41 Å². The van der Waals surface area contributed by atoms with Crippen molar-refractivity contribution in [3.8, 4) is 0 Å². The standard InChI is InChI=1S/C16H31N/c1-12(2)13-7-9-14(10-8-13)17-15-6-5-11-16(15,3)4/h12-15,17H,5-11H2,1-4H3. The van der Waals surface area contributed by atoms with E-state index in [1.165, 1.54) is 44.9 Å². The first-order valence-corrected chi connectivity index (χ1v) is 7.75. The van der Waals surface area contributed by atoms with Gasteiger partial charge in [0.2, 0.25) is 0 Å². The van der Waals surface area contributed by atoms with Gasteiger partial charge in [-0.1, -0.05) is 34.1 Å². The van der Waals surface area contributed by atoms with Gasteiger partial charge in [0.05, 0.1) is 0 Å². The molecule has 0 heterocycles. The Kier molecular flexibility index (Phi) is 4.18. The van der Waals surface area contributed by atoms with Gasteiger partial charge in [-0.25, -0.2) is 0 Å². The van der Waals surface area contributed by atoms with Gasteiger partial charge in [-0.3, -0.25) is 0 Å². The van der Waals surface area contributed by atoms with Crippen LogP contribution in [0.5, 0.6) is 0 Å². The lowest BCUT2D eigenvalue weighted by Gasteiger charge is -2.36. The Morgan fingerprint density at radius 1 is 1.00 bits per heavy atom. The molecular formula is C16H31N. The molecule has 17 heavy (non-hydrogen) atoms. The lowest BCUT2D eigenvalue weighted by molar-refractivity contribution is 0.196. The first kappa shape index (κ1) is 13.4. The van der Waals surface area contributed by atoms with Gasteiger partial charge in [-0.2, -0.15) is 0 Å². The lowest BCUT2D eigenvalue weighted by atomic mass is 9.78. The van der Waals surface area contributed by atoms with Crippen LogP contribution in [0.25, 0.3) is 0 Å². The van der Waals surface area contributed by atoms with Crippen molar-refractivity contribution in [3.63, 3.8) is 0 Å². The molecule has 0 radical (unpaired) electrons. The van der Waals surface area contributed by atoms with Crippen molar-refractivity contribution >= 4 is 0 Å². The third kappa shape index (κ3) is 3.24. The second-order valence-corrected chi connectivity index (χ2v) is 7.46. The van der Waals surface area contributed by atoms with Crippen LogP contribution in [-0.4, -0.2) is 12.1 Å². The highest BCUT2D eigenvalue weighted by Gasteiger charge is 2.36. The molecule has 0 amide bonds. The van der Waals surface area contributed by atoms with Gasteiger partial charge in [0.15, 0.2) is 0 Å². The van der Waals surface area contributed by atoms with Gasteiger partial charge in [0, 0.05) is 12.1 Å². The molecule has 0 aromatic carbocycles. The Labute approximate surface area is 108 Å². The molecule has 2 aliphatic rings. The molecule has 0 aromatic heterocycles. The molecule has 1 heteroatoms. The zero-order valence-corrected chi connectivity index (χ0v) is 12.3. The summed E-state index contributed by atoms with van der Waals surface area (Å²) in [6.45, 7) is 9.66. The fourth-order valence-corrected chi connectivity index (χ4v) is 3.87. The molecule has 1 atom stereocenters. The fourth-order valence-electron chi connectivity index (χ4n) is 3.87. The average Bonchev–Trinajstić information content (AvgIpc) is 2.59. The second-order valence-electron chi connectivity index (χ2n) is 7.46. The molecule has 2 aliphatic carbocycles. The molecule has 0 bridgehead atoms. The van der Waals surface area contributed by atoms with Gasteiger partial charge in [0.1, 0.15) is 0 Å². The highest BCUT2D eigenvalue weighted by molar-refractivity contribution is 4.93. The molecule has 0 aromatic rings. The Balaban J connectivity index is 1.78. The minimum Gasteiger partial charge on any atom is -0.311 e. The Morgan fingerprint density at radius 3 is 2.12 bits per heavy atom.